The van der Waals surface area contributed by atoms with Crippen molar-refractivity contribution in [2.75, 3.05) is 31.5 Å². The summed E-state index contributed by atoms with van der Waals surface area (Å²) in [6.07, 6.45) is 4.17. The minimum Gasteiger partial charge on any atom is -0.369 e. The molecule has 1 aromatic carbocycles. The highest BCUT2D eigenvalue weighted by atomic mass is 16.2. The Morgan fingerprint density at radius 2 is 1.91 bits per heavy atom. The number of aromatic nitrogens is 4. The number of carbonyl (C=O) groups excluding carboxylic acids is 2. The van der Waals surface area contributed by atoms with Gasteiger partial charge in [0.15, 0.2) is 11.5 Å². The first-order valence-electron chi connectivity index (χ1n) is 11.2. The molecule has 9 nitrogen and oxygen atoms in total. The zero-order valence-electron chi connectivity index (χ0n) is 18.4. The predicted octanol–water partition coefficient (Wildman–Crippen LogP) is 2.22. The zero-order valence-corrected chi connectivity index (χ0v) is 18.4. The van der Waals surface area contributed by atoms with Gasteiger partial charge in [-0.15, -0.1) is 15.3 Å². The second-order valence-electron chi connectivity index (χ2n) is 8.09. The summed E-state index contributed by atoms with van der Waals surface area (Å²) >= 11 is 0. The molecule has 3 heterocycles. The van der Waals surface area contributed by atoms with Crippen molar-refractivity contribution in [2.24, 2.45) is 0 Å². The first kappa shape index (κ1) is 21.7. The van der Waals surface area contributed by atoms with Gasteiger partial charge in [-0.3, -0.25) is 9.59 Å². The smallest absolute Gasteiger partial charge is 0.251 e. The molecule has 1 saturated heterocycles. The van der Waals surface area contributed by atoms with Crippen molar-refractivity contribution in [2.45, 2.75) is 39.0 Å². The van der Waals surface area contributed by atoms with Gasteiger partial charge >= 0.3 is 0 Å². The molecule has 0 atom stereocenters. The first-order chi connectivity index (χ1) is 15.6. The zero-order chi connectivity index (χ0) is 22.3. The molecule has 1 aliphatic rings. The average Bonchev–Trinajstić information content (AvgIpc) is 3.20. The van der Waals surface area contributed by atoms with Crippen LogP contribution >= 0.6 is 0 Å². The van der Waals surface area contributed by atoms with E-state index < -0.39 is 0 Å². The van der Waals surface area contributed by atoms with E-state index in [0.29, 0.717) is 36.4 Å². The number of piperidine rings is 1. The van der Waals surface area contributed by atoms with Crippen molar-refractivity contribution < 1.29 is 9.59 Å². The van der Waals surface area contributed by atoms with Crippen LogP contribution in [0.2, 0.25) is 0 Å². The van der Waals surface area contributed by atoms with Crippen LogP contribution in [0.5, 0.6) is 0 Å². The third-order valence-electron chi connectivity index (χ3n) is 5.61. The molecule has 2 aromatic heterocycles. The summed E-state index contributed by atoms with van der Waals surface area (Å²) in [5, 5.41) is 19.2. The van der Waals surface area contributed by atoms with Crippen molar-refractivity contribution in [1.29, 1.82) is 0 Å². The fraction of sp³-hybridized carbons (Fsp3) is 0.435. The summed E-state index contributed by atoms with van der Waals surface area (Å²) < 4.78 is 1.70. The van der Waals surface area contributed by atoms with E-state index in [9.17, 15) is 9.59 Å². The Hall–Kier alpha value is -3.49. The highest BCUT2D eigenvalue weighted by molar-refractivity contribution is 5.94. The molecule has 9 heteroatoms. The van der Waals surface area contributed by atoms with Gasteiger partial charge in [0.25, 0.3) is 5.91 Å². The first-order valence-corrected chi connectivity index (χ1v) is 11.2. The third kappa shape index (κ3) is 5.40. The summed E-state index contributed by atoms with van der Waals surface area (Å²) in [6, 6.07) is 11.2. The van der Waals surface area contributed by atoms with Crippen LogP contribution in [0.25, 0.3) is 5.65 Å². The van der Waals surface area contributed by atoms with Crippen LogP contribution in [0.3, 0.4) is 0 Å². The number of carbonyl (C=O) groups is 2. The van der Waals surface area contributed by atoms with Crippen LogP contribution < -0.4 is 10.6 Å². The highest BCUT2D eigenvalue weighted by Gasteiger charge is 2.17. The van der Waals surface area contributed by atoms with Gasteiger partial charge in [0.05, 0.1) is 0 Å². The van der Waals surface area contributed by atoms with Gasteiger partial charge in [-0.25, -0.2) is 0 Å². The fourth-order valence-electron chi connectivity index (χ4n) is 3.76. The Bertz CT molecular complexity index is 1080. The Morgan fingerprint density at radius 1 is 1.06 bits per heavy atom. The molecule has 1 aliphatic heterocycles. The number of likely N-dealkylation sites (tertiary alicyclic amines) is 1. The Balaban J connectivity index is 1.27. The van der Waals surface area contributed by atoms with Gasteiger partial charge in [-0.05, 0) is 50.5 Å². The summed E-state index contributed by atoms with van der Waals surface area (Å²) in [6.45, 7) is 4.80. The van der Waals surface area contributed by atoms with E-state index in [4.69, 9.17) is 0 Å². The van der Waals surface area contributed by atoms with Gasteiger partial charge in [0.1, 0.15) is 5.82 Å². The number of rotatable bonds is 9. The number of nitrogens with zero attached hydrogens (tertiary/aromatic N) is 5. The molecule has 3 aromatic rings. The van der Waals surface area contributed by atoms with Crippen molar-refractivity contribution in [3.8, 4) is 0 Å². The molecule has 0 aliphatic carbocycles. The largest absolute Gasteiger partial charge is 0.369 e. The monoisotopic (exact) mass is 435 g/mol. The number of anilines is 1. The van der Waals surface area contributed by atoms with Gasteiger partial charge in [0, 0.05) is 44.6 Å². The third-order valence-corrected chi connectivity index (χ3v) is 5.61. The lowest BCUT2D eigenvalue weighted by Crippen LogP contribution is -2.36. The second kappa shape index (κ2) is 10.2. The van der Waals surface area contributed by atoms with Crippen molar-refractivity contribution in [1.82, 2.24) is 30.0 Å². The topological polar surface area (TPSA) is 105 Å². The summed E-state index contributed by atoms with van der Waals surface area (Å²) in [5.41, 5.74) is 2.42. The lowest BCUT2D eigenvalue weighted by molar-refractivity contribution is -0.133. The van der Waals surface area contributed by atoms with Crippen molar-refractivity contribution in [3.63, 3.8) is 0 Å². The van der Waals surface area contributed by atoms with Gasteiger partial charge in [-0.2, -0.15) is 4.52 Å². The molecular formula is C23H29N7O2. The molecule has 0 saturated carbocycles. The molecule has 32 heavy (non-hydrogen) atoms. The maximum absolute atomic E-state index is 12.3. The second-order valence-corrected chi connectivity index (χ2v) is 8.09. The van der Waals surface area contributed by atoms with Crippen molar-refractivity contribution in [3.05, 3.63) is 53.3 Å². The van der Waals surface area contributed by atoms with E-state index in [1.807, 2.05) is 48.2 Å². The maximum Gasteiger partial charge on any atom is 0.251 e. The molecule has 1 fully saturated rings. The van der Waals surface area contributed by atoms with Crippen LogP contribution in [0.4, 0.5) is 5.82 Å². The molecule has 2 N–H and O–H groups in total. The Morgan fingerprint density at radius 3 is 2.72 bits per heavy atom. The van der Waals surface area contributed by atoms with Gasteiger partial charge in [0.2, 0.25) is 5.91 Å². The fourth-order valence-corrected chi connectivity index (χ4v) is 3.76. The lowest BCUT2D eigenvalue weighted by atomic mass is 10.1. The standard InChI is InChI=1S/C23H29N7O2/c1-17-6-8-18(9-7-17)23(32)25-14-12-21-27-26-20-11-10-19(28-30(20)21)24-13-4-16-29-15-3-2-5-22(29)31/h6-11H,2-5,12-16H2,1H3,(H,24,28)(H,25,32). The summed E-state index contributed by atoms with van der Waals surface area (Å²) in [5.74, 6) is 1.57. The quantitative estimate of drug-likeness (QED) is 0.500. The van der Waals surface area contributed by atoms with E-state index in [1.165, 1.54) is 0 Å². The minimum atomic E-state index is -0.110. The summed E-state index contributed by atoms with van der Waals surface area (Å²) in [7, 11) is 0. The maximum atomic E-state index is 12.3. The van der Waals surface area contributed by atoms with Crippen LogP contribution in [0.15, 0.2) is 36.4 Å². The number of fused-ring (bicyclic) bond motifs is 1. The summed E-state index contributed by atoms with van der Waals surface area (Å²) in [4.78, 5) is 26.1. The normalized spacial score (nSPS) is 14.0. The Labute approximate surface area is 187 Å². The molecule has 0 bridgehead atoms. The Kier molecular flexibility index (Phi) is 6.94. The van der Waals surface area contributed by atoms with Crippen LogP contribution in [-0.4, -0.2) is 62.7 Å². The SMILES string of the molecule is Cc1ccc(C(=O)NCCc2nnc3ccc(NCCCN4CCCCC4=O)nn23)cc1. The van der Waals surface area contributed by atoms with Gasteiger partial charge in [-0.1, -0.05) is 17.7 Å². The van der Waals surface area contributed by atoms with Crippen LogP contribution in [-0.2, 0) is 11.2 Å². The average molecular weight is 436 g/mol. The molecule has 0 spiro atoms. The molecule has 0 unspecified atom stereocenters. The number of aryl methyl sites for hydroxylation is 1. The molecule has 0 radical (unpaired) electrons. The lowest BCUT2D eigenvalue weighted by Gasteiger charge is -2.26. The predicted molar refractivity (Wildman–Crippen MR) is 122 cm³/mol. The van der Waals surface area contributed by atoms with E-state index in [2.05, 4.69) is 25.9 Å². The highest BCUT2D eigenvalue weighted by Crippen LogP contribution is 2.11. The number of amides is 2. The molecule has 168 valence electrons. The van der Waals surface area contributed by atoms with Gasteiger partial charge < -0.3 is 15.5 Å². The molecule has 2 amide bonds. The molecular weight excluding hydrogens is 406 g/mol. The van der Waals surface area contributed by atoms with E-state index >= 15 is 0 Å². The van der Waals surface area contributed by atoms with E-state index in [-0.39, 0.29) is 11.8 Å². The van der Waals surface area contributed by atoms with Crippen LogP contribution in [0, 0.1) is 6.92 Å². The van der Waals surface area contributed by atoms with E-state index in [1.54, 1.807) is 4.52 Å². The van der Waals surface area contributed by atoms with Crippen molar-refractivity contribution >= 4 is 23.3 Å². The van der Waals surface area contributed by atoms with E-state index in [0.717, 1.165) is 50.3 Å². The molecule has 4 rings (SSSR count). The minimum absolute atomic E-state index is 0.110. The number of hydrogen-bond donors (Lipinski definition) is 2. The number of benzene rings is 1. The number of nitrogens with one attached hydrogen (secondary N) is 2. The van der Waals surface area contributed by atoms with Crippen LogP contribution in [0.1, 0.15) is 47.4 Å². The number of hydrogen-bond acceptors (Lipinski definition) is 6.